The molecule has 180 valence electrons. The van der Waals surface area contributed by atoms with E-state index in [4.69, 9.17) is 0 Å². The van der Waals surface area contributed by atoms with Crippen molar-refractivity contribution >= 4 is 29.2 Å². The SMILES string of the molecule is Cc1nc(C)c(C(=O)N2CCC(C3(Cc4ccc(F)cc4)NC(=O)N(CC4CC4)C3=O)CC2)s1. The first-order valence-electron chi connectivity index (χ1n) is 11.9. The molecule has 0 spiro atoms. The summed E-state index contributed by atoms with van der Waals surface area (Å²) in [5, 5.41) is 3.92. The molecule has 1 aromatic heterocycles. The third-order valence-corrected chi connectivity index (χ3v) is 8.37. The Kier molecular flexibility index (Phi) is 5.91. The fourth-order valence-corrected chi connectivity index (χ4v) is 6.17. The number of nitrogens with one attached hydrogen (secondary N) is 1. The molecule has 1 atom stereocenters. The summed E-state index contributed by atoms with van der Waals surface area (Å²) in [4.78, 5) is 48.0. The second-order valence-corrected chi connectivity index (χ2v) is 11.0. The van der Waals surface area contributed by atoms with Gasteiger partial charge in [-0.3, -0.25) is 14.5 Å². The van der Waals surface area contributed by atoms with Crippen LogP contribution in [0.5, 0.6) is 0 Å². The second kappa shape index (κ2) is 8.76. The lowest BCUT2D eigenvalue weighted by atomic mass is 9.74. The molecule has 34 heavy (non-hydrogen) atoms. The molecule has 1 unspecified atom stereocenters. The summed E-state index contributed by atoms with van der Waals surface area (Å²) >= 11 is 1.41. The summed E-state index contributed by atoms with van der Waals surface area (Å²) in [7, 11) is 0. The first-order valence-corrected chi connectivity index (χ1v) is 12.7. The van der Waals surface area contributed by atoms with Crippen LogP contribution in [0.2, 0.25) is 0 Å². The number of aryl methyl sites for hydroxylation is 2. The summed E-state index contributed by atoms with van der Waals surface area (Å²) in [6, 6.07) is 5.77. The van der Waals surface area contributed by atoms with Crippen molar-refractivity contribution in [1.29, 1.82) is 0 Å². The van der Waals surface area contributed by atoms with Crippen LogP contribution in [0.1, 0.15) is 51.6 Å². The van der Waals surface area contributed by atoms with E-state index >= 15 is 0 Å². The van der Waals surface area contributed by atoms with Crippen molar-refractivity contribution in [2.24, 2.45) is 11.8 Å². The quantitative estimate of drug-likeness (QED) is 0.634. The first-order chi connectivity index (χ1) is 16.3. The Bertz CT molecular complexity index is 1120. The van der Waals surface area contributed by atoms with E-state index in [-0.39, 0.29) is 29.6 Å². The number of hydrogen-bond donors (Lipinski definition) is 1. The molecule has 1 N–H and O–H groups in total. The molecule has 2 aromatic rings. The lowest BCUT2D eigenvalue weighted by molar-refractivity contribution is -0.134. The molecule has 3 fully saturated rings. The van der Waals surface area contributed by atoms with Gasteiger partial charge in [0.2, 0.25) is 0 Å². The second-order valence-electron chi connectivity index (χ2n) is 9.78. The van der Waals surface area contributed by atoms with Crippen molar-refractivity contribution in [3.05, 3.63) is 51.2 Å². The van der Waals surface area contributed by atoms with Crippen LogP contribution < -0.4 is 5.32 Å². The Hall–Kier alpha value is -2.81. The number of rotatable bonds is 6. The van der Waals surface area contributed by atoms with Crippen LogP contribution in [-0.4, -0.2) is 57.8 Å². The highest BCUT2D eigenvalue weighted by molar-refractivity contribution is 7.13. The minimum Gasteiger partial charge on any atom is -0.338 e. The lowest BCUT2D eigenvalue weighted by Gasteiger charge is -2.41. The zero-order valence-corrected chi connectivity index (χ0v) is 20.3. The molecule has 0 radical (unpaired) electrons. The summed E-state index contributed by atoms with van der Waals surface area (Å²) in [6.45, 7) is 5.22. The third-order valence-electron chi connectivity index (χ3n) is 7.31. The van der Waals surface area contributed by atoms with Crippen LogP contribution in [0.4, 0.5) is 9.18 Å². The smallest absolute Gasteiger partial charge is 0.325 e. The topological polar surface area (TPSA) is 82.6 Å². The average molecular weight is 485 g/mol. The fourth-order valence-electron chi connectivity index (χ4n) is 5.28. The van der Waals surface area contributed by atoms with Gasteiger partial charge >= 0.3 is 6.03 Å². The molecular formula is C25H29FN4O3S. The van der Waals surface area contributed by atoms with Gasteiger partial charge in [0.1, 0.15) is 16.2 Å². The molecular weight excluding hydrogens is 455 g/mol. The van der Waals surface area contributed by atoms with Gasteiger partial charge in [-0.2, -0.15) is 0 Å². The number of aromatic nitrogens is 1. The van der Waals surface area contributed by atoms with Gasteiger partial charge in [0.25, 0.3) is 11.8 Å². The highest BCUT2D eigenvalue weighted by atomic mass is 32.1. The maximum atomic E-state index is 13.7. The van der Waals surface area contributed by atoms with E-state index in [1.165, 1.54) is 28.4 Å². The van der Waals surface area contributed by atoms with Gasteiger partial charge in [0.15, 0.2) is 0 Å². The highest BCUT2D eigenvalue weighted by Crippen LogP contribution is 2.39. The number of nitrogens with zero attached hydrogens (tertiary/aromatic N) is 3. The maximum absolute atomic E-state index is 13.7. The number of likely N-dealkylation sites (tertiary alicyclic amines) is 1. The van der Waals surface area contributed by atoms with E-state index in [9.17, 15) is 18.8 Å². The predicted molar refractivity (Wildman–Crippen MR) is 126 cm³/mol. The van der Waals surface area contributed by atoms with Crippen molar-refractivity contribution in [3.8, 4) is 0 Å². The van der Waals surface area contributed by atoms with Crippen LogP contribution in [0, 0.1) is 31.5 Å². The Morgan fingerprint density at radius 3 is 2.41 bits per heavy atom. The molecule has 1 aliphatic carbocycles. The molecule has 3 heterocycles. The van der Waals surface area contributed by atoms with E-state index in [0.29, 0.717) is 49.7 Å². The zero-order valence-electron chi connectivity index (χ0n) is 19.5. The van der Waals surface area contributed by atoms with Crippen LogP contribution >= 0.6 is 11.3 Å². The van der Waals surface area contributed by atoms with Crippen LogP contribution in [0.25, 0.3) is 0 Å². The monoisotopic (exact) mass is 484 g/mol. The van der Waals surface area contributed by atoms with Crippen molar-refractivity contribution in [1.82, 2.24) is 20.1 Å². The van der Waals surface area contributed by atoms with E-state index < -0.39 is 5.54 Å². The molecule has 1 aromatic carbocycles. The van der Waals surface area contributed by atoms with E-state index in [1.807, 2.05) is 18.7 Å². The van der Waals surface area contributed by atoms with Crippen LogP contribution in [0.15, 0.2) is 24.3 Å². The van der Waals surface area contributed by atoms with Gasteiger partial charge in [0, 0.05) is 26.1 Å². The van der Waals surface area contributed by atoms with Gasteiger partial charge in [-0.1, -0.05) is 12.1 Å². The average Bonchev–Trinajstić information content (AvgIpc) is 3.54. The van der Waals surface area contributed by atoms with Crippen LogP contribution in [0.3, 0.4) is 0 Å². The number of hydrogen-bond acceptors (Lipinski definition) is 5. The highest BCUT2D eigenvalue weighted by Gasteiger charge is 2.56. The van der Waals surface area contributed by atoms with Crippen molar-refractivity contribution in [2.75, 3.05) is 19.6 Å². The number of amides is 4. The van der Waals surface area contributed by atoms with Gasteiger partial charge in [-0.15, -0.1) is 11.3 Å². The Balaban J connectivity index is 1.37. The zero-order chi connectivity index (χ0) is 24.0. The summed E-state index contributed by atoms with van der Waals surface area (Å²) in [5.74, 6) is -0.275. The summed E-state index contributed by atoms with van der Waals surface area (Å²) in [6.07, 6.45) is 3.60. The molecule has 4 amide bonds. The molecule has 7 nitrogen and oxygen atoms in total. The molecule has 2 saturated heterocycles. The number of benzene rings is 1. The van der Waals surface area contributed by atoms with E-state index in [2.05, 4.69) is 10.3 Å². The van der Waals surface area contributed by atoms with E-state index in [0.717, 1.165) is 29.1 Å². The molecule has 9 heteroatoms. The molecule has 5 rings (SSSR count). The normalized spacial score (nSPS) is 23.5. The van der Waals surface area contributed by atoms with Crippen molar-refractivity contribution in [2.45, 2.75) is 51.5 Å². The van der Waals surface area contributed by atoms with Gasteiger partial charge in [0.05, 0.1) is 10.7 Å². The van der Waals surface area contributed by atoms with Gasteiger partial charge in [-0.25, -0.2) is 14.2 Å². The largest absolute Gasteiger partial charge is 0.338 e. The standard InChI is InChI=1S/C25H29FN4O3S/c1-15-21(34-16(2)27-15)22(31)29-11-9-19(10-12-29)25(13-17-5-7-20(26)8-6-17)23(32)30(24(33)28-25)14-18-3-4-18/h5-8,18-19H,3-4,9-14H2,1-2H3,(H,28,33). The number of halogens is 1. The Morgan fingerprint density at radius 2 is 1.82 bits per heavy atom. The molecule has 2 aliphatic heterocycles. The summed E-state index contributed by atoms with van der Waals surface area (Å²) in [5.41, 5.74) is 0.476. The van der Waals surface area contributed by atoms with Crippen molar-refractivity contribution < 1.29 is 18.8 Å². The van der Waals surface area contributed by atoms with Crippen LogP contribution in [-0.2, 0) is 11.2 Å². The third kappa shape index (κ3) is 4.21. The number of thiazole rings is 1. The van der Waals surface area contributed by atoms with E-state index in [1.54, 1.807) is 12.1 Å². The van der Waals surface area contributed by atoms with Crippen molar-refractivity contribution in [3.63, 3.8) is 0 Å². The fraction of sp³-hybridized carbons (Fsp3) is 0.520. The minimum atomic E-state index is -1.07. The maximum Gasteiger partial charge on any atom is 0.325 e. The van der Waals surface area contributed by atoms with Gasteiger partial charge in [-0.05, 0) is 69.1 Å². The lowest BCUT2D eigenvalue weighted by Crippen LogP contribution is -2.58. The molecule has 0 bridgehead atoms. The first kappa shape index (κ1) is 23.0. The molecule has 1 saturated carbocycles. The number of imide groups is 1. The minimum absolute atomic E-state index is 0.0220. The number of urea groups is 1. The number of carbonyl (C=O) groups is 3. The summed E-state index contributed by atoms with van der Waals surface area (Å²) < 4.78 is 13.5. The number of piperidine rings is 1. The Labute approximate surface area is 202 Å². The predicted octanol–water partition coefficient (Wildman–Crippen LogP) is 3.69. The Morgan fingerprint density at radius 1 is 1.15 bits per heavy atom. The van der Waals surface area contributed by atoms with Gasteiger partial charge < -0.3 is 10.2 Å². The number of carbonyl (C=O) groups excluding carboxylic acids is 3. The molecule has 3 aliphatic rings.